The summed E-state index contributed by atoms with van der Waals surface area (Å²) in [5, 5.41) is 0. The number of piperidine rings is 2. The summed E-state index contributed by atoms with van der Waals surface area (Å²) >= 11 is 0. The third-order valence-electron chi connectivity index (χ3n) is 7.22. The number of sulfone groups is 1. The molecule has 0 aliphatic carbocycles. The van der Waals surface area contributed by atoms with Gasteiger partial charge >= 0.3 is 0 Å². The van der Waals surface area contributed by atoms with E-state index in [0.29, 0.717) is 37.3 Å². The van der Waals surface area contributed by atoms with Crippen LogP contribution in [0.5, 0.6) is 0 Å². The molecule has 0 aromatic rings. The number of hydrogen-bond acceptors (Lipinski definition) is 6. The van der Waals surface area contributed by atoms with Gasteiger partial charge in [-0.1, -0.05) is 0 Å². The van der Waals surface area contributed by atoms with Gasteiger partial charge in [0.1, 0.15) is 0 Å². The van der Waals surface area contributed by atoms with Gasteiger partial charge < -0.3 is 19.6 Å². The van der Waals surface area contributed by atoms with Crippen LogP contribution in [0.4, 0.5) is 0 Å². The molecule has 0 atom stereocenters. The summed E-state index contributed by atoms with van der Waals surface area (Å²) < 4.78 is 25.2. The van der Waals surface area contributed by atoms with Crippen LogP contribution in [-0.4, -0.2) is 117 Å². The fourth-order valence-electron chi connectivity index (χ4n) is 4.72. The Labute approximate surface area is 180 Å². The van der Waals surface area contributed by atoms with E-state index in [2.05, 4.69) is 61.4 Å². The van der Waals surface area contributed by atoms with Crippen LogP contribution in [0.1, 0.15) is 53.4 Å². The molecule has 0 amide bonds. The number of hydrogen-bond donors (Lipinski definition) is 0. The summed E-state index contributed by atoms with van der Waals surface area (Å²) in [6, 6.07) is 2.26. The molecular formula is C22H46N4O2S. The average Bonchev–Trinajstić information content (AvgIpc) is 2.70. The van der Waals surface area contributed by atoms with Crippen LogP contribution in [0.3, 0.4) is 0 Å². The first kappa shape index (κ1) is 25.1. The third kappa shape index (κ3) is 8.09. The van der Waals surface area contributed by atoms with Gasteiger partial charge in [-0.25, -0.2) is 8.42 Å². The van der Waals surface area contributed by atoms with Crippen LogP contribution >= 0.6 is 0 Å². The molecule has 29 heavy (non-hydrogen) atoms. The summed E-state index contributed by atoms with van der Waals surface area (Å²) in [6.07, 6.45) is 4.58. The van der Waals surface area contributed by atoms with Crippen LogP contribution in [-0.2, 0) is 9.84 Å². The van der Waals surface area contributed by atoms with Crippen molar-refractivity contribution >= 4 is 9.84 Å². The Morgan fingerprint density at radius 2 is 1.03 bits per heavy atom. The maximum absolute atomic E-state index is 12.6. The zero-order valence-electron chi connectivity index (χ0n) is 19.8. The lowest BCUT2D eigenvalue weighted by molar-refractivity contribution is 0.110. The molecule has 2 heterocycles. The molecule has 0 N–H and O–H groups in total. The quantitative estimate of drug-likeness (QED) is 0.528. The number of rotatable bonds is 10. The van der Waals surface area contributed by atoms with E-state index in [1.807, 2.05) is 0 Å². The molecule has 0 bridgehead atoms. The fourth-order valence-corrected chi connectivity index (χ4v) is 6.06. The third-order valence-corrected chi connectivity index (χ3v) is 8.82. The number of nitrogens with zero attached hydrogens (tertiary/aromatic N) is 4. The minimum absolute atomic E-state index is 0.285. The average molecular weight is 431 g/mol. The van der Waals surface area contributed by atoms with Crippen molar-refractivity contribution in [3.8, 4) is 0 Å². The summed E-state index contributed by atoms with van der Waals surface area (Å²) in [7, 11) is 1.19. The fraction of sp³-hybridized carbons (Fsp3) is 1.00. The van der Waals surface area contributed by atoms with Crippen molar-refractivity contribution in [2.24, 2.45) is 0 Å². The Morgan fingerprint density at radius 1 is 0.724 bits per heavy atom. The smallest absolute Gasteiger partial charge is 0.152 e. The van der Waals surface area contributed by atoms with Gasteiger partial charge in [0, 0.05) is 37.3 Å². The van der Waals surface area contributed by atoms with Gasteiger partial charge in [-0.3, -0.25) is 0 Å². The van der Waals surface area contributed by atoms with Gasteiger partial charge in [0.25, 0.3) is 0 Å². The molecule has 0 spiro atoms. The van der Waals surface area contributed by atoms with Gasteiger partial charge in [0.15, 0.2) is 9.84 Å². The largest absolute Gasteiger partial charge is 0.302 e. The summed E-state index contributed by atoms with van der Waals surface area (Å²) in [5.41, 5.74) is 0. The van der Waals surface area contributed by atoms with Gasteiger partial charge in [-0.15, -0.1) is 0 Å². The van der Waals surface area contributed by atoms with Crippen molar-refractivity contribution in [3.05, 3.63) is 0 Å². The van der Waals surface area contributed by atoms with Gasteiger partial charge in [0.05, 0.1) is 11.5 Å². The molecule has 0 aromatic heterocycles. The van der Waals surface area contributed by atoms with Gasteiger partial charge in [-0.05, 0) is 93.7 Å². The Hall–Kier alpha value is -0.210. The molecule has 2 rings (SSSR count). The standard InChI is InChI=1S/C22H46N4O2S/c1-19(2)25-11-7-21(8-12-25)23(5)15-17-29(27,28)18-16-24(6)22-9-13-26(14-10-22)20(3)4/h19-22H,7-18H2,1-6H3. The topological polar surface area (TPSA) is 47.1 Å². The van der Waals surface area contributed by atoms with E-state index in [9.17, 15) is 8.42 Å². The Bertz CT molecular complexity index is 521. The zero-order chi connectivity index (χ0) is 21.6. The molecule has 2 aliphatic rings. The summed E-state index contributed by atoms with van der Waals surface area (Å²) in [4.78, 5) is 9.59. The minimum atomic E-state index is -3.00. The lowest BCUT2D eigenvalue weighted by Gasteiger charge is -2.39. The van der Waals surface area contributed by atoms with Crippen molar-refractivity contribution in [3.63, 3.8) is 0 Å². The second kappa shape index (κ2) is 11.4. The van der Waals surface area contributed by atoms with Gasteiger partial charge in [0.2, 0.25) is 0 Å². The minimum Gasteiger partial charge on any atom is -0.302 e. The highest BCUT2D eigenvalue weighted by Gasteiger charge is 2.26. The highest BCUT2D eigenvalue weighted by Crippen LogP contribution is 2.18. The molecular weight excluding hydrogens is 384 g/mol. The summed E-state index contributed by atoms with van der Waals surface area (Å²) in [6.45, 7) is 14.8. The summed E-state index contributed by atoms with van der Waals surface area (Å²) in [5.74, 6) is 0.570. The SMILES string of the molecule is CC(C)N1CCC(N(C)CCS(=O)(=O)CCN(C)C2CCN(C(C)C)CC2)CC1. The maximum Gasteiger partial charge on any atom is 0.152 e. The predicted octanol–water partition coefficient (Wildman–Crippen LogP) is 2.01. The van der Waals surface area contributed by atoms with E-state index >= 15 is 0 Å². The second-order valence-electron chi connectivity index (χ2n) is 9.83. The lowest BCUT2D eigenvalue weighted by Crippen LogP contribution is -2.47. The molecule has 0 aromatic carbocycles. The molecule has 2 fully saturated rings. The van der Waals surface area contributed by atoms with Crippen molar-refractivity contribution in [1.29, 1.82) is 0 Å². The Kier molecular flexibility index (Phi) is 9.87. The normalized spacial score (nSPS) is 21.9. The highest BCUT2D eigenvalue weighted by molar-refractivity contribution is 7.91. The van der Waals surface area contributed by atoms with Crippen LogP contribution < -0.4 is 0 Å². The van der Waals surface area contributed by atoms with Gasteiger partial charge in [-0.2, -0.15) is 0 Å². The van der Waals surface area contributed by atoms with Crippen LogP contribution in [0, 0.1) is 0 Å². The maximum atomic E-state index is 12.6. The van der Waals surface area contributed by atoms with Crippen molar-refractivity contribution in [1.82, 2.24) is 19.6 Å². The van der Waals surface area contributed by atoms with Crippen molar-refractivity contribution in [2.45, 2.75) is 77.5 Å². The molecule has 0 radical (unpaired) electrons. The van der Waals surface area contributed by atoms with E-state index in [1.54, 1.807) is 0 Å². The first-order chi connectivity index (χ1) is 13.6. The predicted molar refractivity (Wildman–Crippen MR) is 123 cm³/mol. The Morgan fingerprint density at radius 3 is 1.31 bits per heavy atom. The monoisotopic (exact) mass is 430 g/mol. The highest BCUT2D eigenvalue weighted by atomic mass is 32.2. The molecule has 0 saturated carbocycles. The lowest BCUT2D eigenvalue weighted by atomic mass is 10.0. The first-order valence-electron chi connectivity index (χ1n) is 11.7. The van der Waals surface area contributed by atoms with Crippen molar-refractivity contribution < 1.29 is 8.42 Å². The van der Waals surface area contributed by atoms with Crippen LogP contribution in [0.2, 0.25) is 0 Å². The van der Waals surface area contributed by atoms with E-state index in [-0.39, 0.29) is 11.5 Å². The molecule has 2 saturated heterocycles. The number of likely N-dealkylation sites (tertiary alicyclic amines) is 2. The molecule has 7 heteroatoms. The molecule has 2 aliphatic heterocycles. The zero-order valence-corrected chi connectivity index (χ0v) is 20.6. The van der Waals surface area contributed by atoms with E-state index < -0.39 is 9.84 Å². The van der Waals surface area contributed by atoms with Crippen LogP contribution in [0.15, 0.2) is 0 Å². The van der Waals surface area contributed by atoms with E-state index in [0.717, 1.165) is 51.9 Å². The van der Waals surface area contributed by atoms with E-state index in [1.165, 1.54) is 0 Å². The molecule has 0 unspecified atom stereocenters. The van der Waals surface area contributed by atoms with Crippen molar-refractivity contribution in [2.75, 3.05) is 64.9 Å². The molecule has 6 nitrogen and oxygen atoms in total. The van der Waals surface area contributed by atoms with E-state index in [4.69, 9.17) is 0 Å². The second-order valence-corrected chi connectivity index (χ2v) is 12.1. The van der Waals surface area contributed by atoms with Crippen LogP contribution in [0.25, 0.3) is 0 Å². The Balaban J connectivity index is 1.68. The first-order valence-corrected chi connectivity index (χ1v) is 13.5. The molecule has 172 valence electrons.